The molecule has 0 rings (SSSR count). The standard InChI is InChI=1S/C10H26N3OP/c1-5-8-10(7-3)13-15(14,11-4)12-9-6-2/h10H,5-9H2,1-4H3,(H3,11,12,13,14). The SMILES string of the molecule is CCCNP(=O)(NC)NC(CC)CCC. The maximum absolute atomic E-state index is 12.3. The quantitative estimate of drug-likeness (QED) is 0.537. The summed E-state index contributed by atoms with van der Waals surface area (Å²) >= 11 is 0. The molecule has 5 heteroatoms. The van der Waals surface area contributed by atoms with Gasteiger partial charge in [0.05, 0.1) is 0 Å². The van der Waals surface area contributed by atoms with Gasteiger partial charge in [-0.15, -0.1) is 0 Å². The van der Waals surface area contributed by atoms with Gasteiger partial charge in [-0.2, -0.15) is 0 Å². The molecule has 15 heavy (non-hydrogen) atoms. The third-order valence-corrected chi connectivity index (χ3v) is 4.42. The molecule has 2 unspecified atom stereocenters. The minimum Gasteiger partial charge on any atom is -0.271 e. The number of rotatable bonds is 9. The van der Waals surface area contributed by atoms with Gasteiger partial charge >= 0.3 is 0 Å². The van der Waals surface area contributed by atoms with E-state index in [9.17, 15) is 4.57 Å². The molecule has 0 aliphatic rings. The molecule has 4 nitrogen and oxygen atoms in total. The molecule has 0 aliphatic carbocycles. The Bertz CT molecular complexity index is 199. The zero-order valence-corrected chi connectivity index (χ0v) is 11.4. The lowest BCUT2D eigenvalue weighted by atomic mass is 10.1. The summed E-state index contributed by atoms with van der Waals surface area (Å²) in [5.41, 5.74) is 0. The van der Waals surface area contributed by atoms with Gasteiger partial charge in [0.1, 0.15) is 0 Å². The van der Waals surface area contributed by atoms with Crippen molar-refractivity contribution in [3.05, 3.63) is 0 Å². The van der Waals surface area contributed by atoms with Crippen LogP contribution in [0.5, 0.6) is 0 Å². The third-order valence-electron chi connectivity index (χ3n) is 2.39. The van der Waals surface area contributed by atoms with E-state index in [0.717, 1.165) is 32.2 Å². The Morgan fingerprint density at radius 2 is 1.87 bits per heavy atom. The summed E-state index contributed by atoms with van der Waals surface area (Å²) in [4.78, 5) is 0. The molecular formula is C10H26N3OP. The fraction of sp³-hybridized carbons (Fsp3) is 1.00. The lowest BCUT2D eigenvalue weighted by Gasteiger charge is -2.25. The number of hydrogen-bond acceptors (Lipinski definition) is 1. The monoisotopic (exact) mass is 235 g/mol. The first-order chi connectivity index (χ1) is 7.11. The van der Waals surface area contributed by atoms with Crippen LogP contribution in [0.2, 0.25) is 0 Å². The second-order valence-electron chi connectivity index (χ2n) is 3.76. The Kier molecular flexibility index (Phi) is 8.34. The van der Waals surface area contributed by atoms with Crippen molar-refractivity contribution in [1.82, 2.24) is 15.3 Å². The molecule has 0 radical (unpaired) electrons. The van der Waals surface area contributed by atoms with Gasteiger partial charge in [-0.25, -0.2) is 15.3 Å². The Labute approximate surface area is 94.1 Å². The normalized spacial score (nSPS) is 17.3. The highest BCUT2D eigenvalue weighted by atomic mass is 31.2. The van der Waals surface area contributed by atoms with Gasteiger partial charge in [0.15, 0.2) is 0 Å². The van der Waals surface area contributed by atoms with Gasteiger partial charge in [-0.3, -0.25) is 4.57 Å². The highest BCUT2D eigenvalue weighted by Crippen LogP contribution is 2.31. The van der Waals surface area contributed by atoms with Crippen molar-refractivity contribution in [3.63, 3.8) is 0 Å². The summed E-state index contributed by atoms with van der Waals surface area (Å²) in [6.45, 7) is 7.10. The molecule has 0 saturated heterocycles. The van der Waals surface area contributed by atoms with Crippen molar-refractivity contribution < 1.29 is 4.57 Å². The highest BCUT2D eigenvalue weighted by molar-refractivity contribution is 7.57. The van der Waals surface area contributed by atoms with Crippen molar-refractivity contribution in [1.29, 1.82) is 0 Å². The van der Waals surface area contributed by atoms with Crippen LogP contribution in [0.4, 0.5) is 0 Å². The van der Waals surface area contributed by atoms with Crippen LogP contribution in [0.25, 0.3) is 0 Å². The Morgan fingerprint density at radius 1 is 1.20 bits per heavy atom. The van der Waals surface area contributed by atoms with Crippen LogP contribution in [0.15, 0.2) is 0 Å². The predicted molar refractivity (Wildman–Crippen MR) is 67.1 cm³/mol. The molecule has 0 heterocycles. The first-order valence-electron chi connectivity index (χ1n) is 5.93. The second-order valence-corrected chi connectivity index (χ2v) is 6.00. The molecule has 0 aromatic heterocycles. The summed E-state index contributed by atoms with van der Waals surface area (Å²) in [6.07, 6.45) is 4.17. The van der Waals surface area contributed by atoms with Gasteiger partial charge in [-0.05, 0) is 26.3 Å². The molecule has 0 amide bonds. The van der Waals surface area contributed by atoms with Crippen molar-refractivity contribution in [2.45, 2.75) is 52.5 Å². The van der Waals surface area contributed by atoms with E-state index in [1.165, 1.54) is 0 Å². The van der Waals surface area contributed by atoms with Crippen LogP contribution in [0.1, 0.15) is 46.5 Å². The fourth-order valence-corrected chi connectivity index (χ4v) is 3.17. The Hall–Kier alpha value is 0.110. The van der Waals surface area contributed by atoms with Crippen molar-refractivity contribution in [2.24, 2.45) is 0 Å². The molecule has 0 fully saturated rings. The Balaban J connectivity index is 4.20. The zero-order valence-electron chi connectivity index (χ0n) is 10.5. The molecule has 0 aliphatic heterocycles. The maximum atomic E-state index is 12.3. The topological polar surface area (TPSA) is 53.2 Å². The lowest BCUT2D eigenvalue weighted by Crippen LogP contribution is -2.36. The molecule has 0 saturated carbocycles. The van der Waals surface area contributed by atoms with Crippen LogP contribution in [0.3, 0.4) is 0 Å². The van der Waals surface area contributed by atoms with Crippen LogP contribution in [-0.4, -0.2) is 19.6 Å². The lowest BCUT2D eigenvalue weighted by molar-refractivity contribution is 0.495. The van der Waals surface area contributed by atoms with Gasteiger partial charge in [0.2, 0.25) is 0 Å². The number of hydrogen-bond donors (Lipinski definition) is 3. The van der Waals surface area contributed by atoms with E-state index in [1.807, 2.05) is 0 Å². The molecule has 0 bridgehead atoms. The predicted octanol–water partition coefficient (Wildman–Crippen LogP) is 2.48. The summed E-state index contributed by atoms with van der Waals surface area (Å²) in [6, 6.07) is 0.331. The van der Waals surface area contributed by atoms with Crippen LogP contribution in [0, 0.1) is 0 Å². The van der Waals surface area contributed by atoms with E-state index in [2.05, 4.69) is 36.0 Å². The van der Waals surface area contributed by atoms with E-state index in [-0.39, 0.29) is 0 Å². The first-order valence-corrected chi connectivity index (χ1v) is 7.64. The summed E-state index contributed by atoms with van der Waals surface area (Å²) in [7, 11) is -0.838. The van der Waals surface area contributed by atoms with E-state index in [4.69, 9.17) is 0 Å². The molecular weight excluding hydrogens is 209 g/mol. The fourth-order valence-electron chi connectivity index (χ4n) is 1.42. The van der Waals surface area contributed by atoms with Crippen LogP contribution >= 0.6 is 7.59 Å². The third kappa shape index (κ3) is 6.31. The molecule has 92 valence electrons. The van der Waals surface area contributed by atoms with Gasteiger partial charge in [0, 0.05) is 12.6 Å². The minimum atomic E-state index is -2.57. The summed E-state index contributed by atoms with van der Waals surface area (Å²) < 4.78 is 12.3. The Morgan fingerprint density at radius 3 is 2.27 bits per heavy atom. The van der Waals surface area contributed by atoms with Gasteiger partial charge in [0.25, 0.3) is 7.59 Å². The van der Waals surface area contributed by atoms with Gasteiger partial charge < -0.3 is 0 Å². The van der Waals surface area contributed by atoms with Crippen LogP contribution < -0.4 is 15.3 Å². The highest BCUT2D eigenvalue weighted by Gasteiger charge is 2.21. The molecule has 2 atom stereocenters. The molecule has 0 aromatic rings. The van der Waals surface area contributed by atoms with Crippen molar-refractivity contribution >= 4 is 7.59 Å². The molecule has 0 spiro atoms. The van der Waals surface area contributed by atoms with E-state index >= 15 is 0 Å². The van der Waals surface area contributed by atoms with E-state index in [1.54, 1.807) is 7.05 Å². The van der Waals surface area contributed by atoms with E-state index in [0.29, 0.717) is 6.04 Å². The van der Waals surface area contributed by atoms with Crippen molar-refractivity contribution in [2.75, 3.05) is 13.6 Å². The molecule has 3 N–H and O–H groups in total. The van der Waals surface area contributed by atoms with E-state index < -0.39 is 7.59 Å². The average Bonchev–Trinajstić information content (AvgIpc) is 2.26. The first kappa shape index (κ1) is 15.1. The number of nitrogens with one attached hydrogen (secondary N) is 3. The minimum absolute atomic E-state index is 0.331. The van der Waals surface area contributed by atoms with Crippen molar-refractivity contribution in [3.8, 4) is 0 Å². The summed E-state index contributed by atoms with van der Waals surface area (Å²) in [5, 5.41) is 9.12. The zero-order chi connectivity index (χ0) is 11.7. The van der Waals surface area contributed by atoms with Crippen LogP contribution in [-0.2, 0) is 4.57 Å². The summed E-state index contributed by atoms with van der Waals surface area (Å²) in [5.74, 6) is 0. The smallest absolute Gasteiger partial charge is 0.271 e. The van der Waals surface area contributed by atoms with Gasteiger partial charge in [-0.1, -0.05) is 27.2 Å². The largest absolute Gasteiger partial charge is 0.279 e. The molecule has 0 aromatic carbocycles. The maximum Gasteiger partial charge on any atom is 0.279 e. The second kappa shape index (κ2) is 8.28. The average molecular weight is 235 g/mol.